The largest absolute Gasteiger partial charge is 0.493 e. The molecule has 0 amide bonds. The molecule has 3 aromatic rings. The molecule has 0 fully saturated rings. The maximum absolute atomic E-state index is 12.7. The lowest BCUT2D eigenvalue weighted by Crippen LogP contribution is -2.11. The maximum Gasteiger partial charge on any atom is 0.363 e. The van der Waals surface area contributed by atoms with E-state index in [2.05, 4.69) is 41.4 Å². The summed E-state index contributed by atoms with van der Waals surface area (Å²) in [6.07, 6.45) is 1.62. The molecular formula is C28H24INO5. The molecule has 1 heterocycles. The van der Waals surface area contributed by atoms with Crippen LogP contribution in [0.1, 0.15) is 52.4 Å². The van der Waals surface area contributed by atoms with Crippen LogP contribution < -0.4 is 9.47 Å². The van der Waals surface area contributed by atoms with Crippen molar-refractivity contribution in [1.82, 2.24) is 0 Å². The van der Waals surface area contributed by atoms with Gasteiger partial charge in [-0.3, -0.25) is 0 Å². The van der Waals surface area contributed by atoms with E-state index in [1.54, 1.807) is 30.3 Å². The van der Waals surface area contributed by atoms with Gasteiger partial charge in [0.05, 0.1) is 16.2 Å². The SMILES string of the molecule is COc1cc(/C=C2\N=C(c3ccc(C(C)C)cc3)OC2=O)cc(I)c1OC(=O)c1ccccc1C. The molecule has 6 nitrogen and oxygen atoms in total. The minimum absolute atomic E-state index is 0.176. The fourth-order valence-electron chi connectivity index (χ4n) is 3.57. The molecule has 0 N–H and O–H groups in total. The number of hydrogen-bond acceptors (Lipinski definition) is 6. The predicted molar refractivity (Wildman–Crippen MR) is 143 cm³/mol. The average molecular weight is 581 g/mol. The zero-order valence-electron chi connectivity index (χ0n) is 19.8. The number of cyclic esters (lactones) is 1. The van der Waals surface area contributed by atoms with Crippen LogP contribution in [0.4, 0.5) is 0 Å². The quantitative estimate of drug-likeness (QED) is 0.148. The van der Waals surface area contributed by atoms with Crippen LogP contribution in [0.5, 0.6) is 11.5 Å². The van der Waals surface area contributed by atoms with Gasteiger partial charge in [0.1, 0.15) is 0 Å². The van der Waals surface area contributed by atoms with Crippen LogP contribution >= 0.6 is 22.6 Å². The van der Waals surface area contributed by atoms with Gasteiger partial charge < -0.3 is 14.2 Å². The van der Waals surface area contributed by atoms with E-state index >= 15 is 0 Å². The third kappa shape index (κ3) is 5.45. The van der Waals surface area contributed by atoms with Crippen molar-refractivity contribution in [2.45, 2.75) is 26.7 Å². The molecule has 1 aliphatic rings. The molecule has 0 saturated heterocycles. The van der Waals surface area contributed by atoms with Gasteiger partial charge in [-0.05, 0) is 88.5 Å². The molecule has 0 saturated carbocycles. The topological polar surface area (TPSA) is 74.2 Å². The fourth-order valence-corrected chi connectivity index (χ4v) is 4.31. The summed E-state index contributed by atoms with van der Waals surface area (Å²) in [7, 11) is 1.49. The van der Waals surface area contributed by atoms with E-state index in [4.69, 9.17) is 14.2 Å². The van der Waals surface area contributed by atoms with Crippen LogP contribution in [0.3, 0.4) is 0 Å². The molecule has 178 valence electrons. The normalized spacial score (nSPS) is 14.2. The number of halogens is 1. The Hall–Kier alpha value is -3.46. The van der Waals surface area contributed by atoms with Crippen molar-refractivity contribution in [3.05, 3.63) is 97.7 Å². The zero-order chi connectivity index (χ0) is 25.1. The second kappa shape index (κ2) is 10.4. The van der Waals surface area contributed by atoms with Gasteiger partial charge in [0.25, 0.3) is 0 Å². The Morgan fingerprint density at radius 1 is 1.09 bits per heavy atom. The van der Waals surface area contributed by atoms with Crippen LogP contribution in [0.25, 0.3) is 6.08 Å². The second-order valence-electron chi connectivity index (χ2n) is 8.35. The lowest BCUT2D eigenvalue weighted by molar-refractivity contribution is -0.129. The van der Waals surface area contributed by atoms with E-state index in [0.717, 1.165) is 11.1 Å². The van der Waals surface area contributed by atoms with Crippen molar-refractivity contribution < 1.29 is 23.8 Å². The summed E-state index contributed by atoms with van der Waals surface area (Å²) in [5, 5.41) is 0. The van der Waals surface area contributed by atoms with Gasteiger partial charge in [-0.25, -0.2) is 14.6 Å². The van der Waals surface area contributed by atoms with Crippen LogP contribution in [0.2, 0.25) is 0 Å². The van der Waals surface area contributed by atoms with E-state index in [1.165, 1.54) is 12.7 Å². The lowest BCUT2D eigenvalue weighted by atomic mass is 10.0. The summed E-state index contributed by atoms with van der Waals surface area (Å²) < 4.78 is 17.2. The molecule has 3 aromatic carbocycles. The lowest BCUT2D eigenvalue weighted by Gasteiger charge is -2.13. The third-order valence-corrected chi connectivity index (χ3v) is 6.36. The summed E-state index contributed by atoms with van der Waals surface area (Å²) in [5.74, 6) is 0.350. The molecule has 35 heavy (non-hydrogen) atoms. The number of aliphatic imine (C=N–C) groups is 1. The number of methoxy groups -OCH3 is 1. The molecule has 0 bridgehead atoms. The first-order valence-electron chi connectivity index (χ1n) is 11.0. The van der Waals surface area contributed by atoms with Gasteiger partial charge in [0.15, 0.2) is 17.2 Å². The Labute approximate surface area is 217 Å². The number of hydrogen-bond donors (Lipinski definition) is 0. The number of rotatable bonds is 6. The molecule has 7 heteroatoms. The highest BCUT2D eigenvalue weighted by Crippen LogP contribution is 2.36. The van der Waals surface area contributed by atoms with Crippen molar-refractivity contribution in [3.8, 4) is 11.5 Å². The first-order chi connectivity index (χ1) is 16.8. The van der Waals surface area contributed by atoms with Gasteiger partial charge in [0.2, 0.25) is 5.90 Å². The van der Waals surface area contributed by atoms with E-state index in [1.807, 2.05) is 43.3 Å². The number of benzene rings is 3. The van der Waals surface area contributed by atoms with Crippen molar-refractivity contribution in [1.29, 1.82) is 0 Å². The Kier molecular flexibility index (Phi) is 7.35. The monoisotopic (exact) mass is 581 g/mol. The first-order valence-corrected chi connectivity index (χ1v) is 12.1. The third-order valence-electron chi connectivity index (χ3n) is 5.56. The molecule has 0 aromatic heterocycles. The van der Waals surface area contributed by atoms with Crippen molar-refractivity contribution in [2.24, 2.45) is 4.99 Å². The number of carbonyl (C=O) groups is 2. The molecule has 4 rings (SSSR count). The Morgan fingerprint density at radius 2 is 1.80 bits per heavy atom. The number of esters is 2. The van der Waals surface area contributed by atoms with Crippen LogP contribution in [0, 0.1) is 10.5 Å². The molecule has 0 spiro atoms. The molecule has 0 unspecified atom stereocenters. The van der Waals surface area contributed by atoms with Crippen molar-refractivity contribution in [3.63, 3.8) is 0 Å². The summed E-state index contributed by atoms with van der Waals surface area (Å²) in [6.45, 7) is 6.09. The van der Waals surface area contributed by atoms with E-state index in [0.29, 0.717) is 32.1 Å². The summed E-state index contributed by atoms with van der Waals surface area (Å²) in [5.41, 5.74) is 4.06. The highest BCUT2D eigenvalue weighted by atomic mass is 127. The predicted octanol–water partition coefficient (Wildman–Crippen LogP) is 6.30. The minimum atomic E-state index is -0.531. The molecule has 0 atom stereocenters. The zero-order valence-corrected chi connectivity index (χ0v) is 22.0. The molecular weight excluding hydrogens is 557 g/mol. The standard InChI is InChI=1S/C28H24INO5/c1-16(2)19-9-11-20(12-10-19)26-30-23(28(32)35-26)14-18-13-22(29)25(24(15-18)33-4)34-27(31)21-8-6-5-7-17(21)3/h5-16H,1-4H3/b23-14-. The number of ether oxygens (including phenoxy) is 3. The van der Waals surface area contributed by atoms with Crippen molar-refractivity contribution >= 4 is 46.5 Å². The molecule has 0 aliphatic carbocycles. The Morgan fingerprint density at radius 3 is 2.46 bits per heavy atom. The molecule has 1 aliphatic heterocycles. The Balaban J connectivity index is 1.61. The highest BCUT2D eigenvalue weighted by Gasteiger charge is 2.25. The minimum Gasteiger partial charge on any atom is -0.493 e. The van der Waals surface area contributed by atoms with Crippen LogP contribution in [-0.4, -0.2) is 24.9 Å². The number of aryl methyl sites for hydroxylation is 1. The summed E-state index contributed by atoms with van der Waals surface area (Å²) in [6, 6.07) is 18.5. The van der Waals surface area contributed by atoms with Gasteiger partial charge >= 0.3 is 11.9 Å². The smallest absolute Gasteiger partial charge is 0.363 e. The number of nitrogens with zero attached hydrogens (tertiary/aromatic N) is 1. The van der Waals surface area contributed by atoms with Gasteiger partial charge in [0, 0.05) is 5.56 Å². The van der Waals surface area contributed by atoms with Crippen LogP contribution in [0.15, 0.2) is 71.4 Å². The maximum atomic E-state index is 12.7. The number of carbonyl (C=O) groups excluding carboxylic acids is 2. The van der Waals surface area contributed by atoms with E-state index < -0.39 is 11.9 Å². The average Bonchev–Trinajstić information content (AvgIpc) is 3.20. The summed E-state index contributed by atoms with van der Waals surface area (Å²) in [4.78, 5) is 29.6. The van der Waals surface area contributed by atoms with Gasteiger partial charge in [-0.15, -0.1) is 0 Å². The first kappa shape index (κ1) is 24.7. The highest BCUT2D eigenvalue weighted by molar-refractivity contribution is 14.1. The van der Waals surface area contributed by atoms with Crippen molar-refractivity contribution in [2.75, 3.05) is 7.11 Å². The van der Waals surface area contributed by atoms with E-state index in [-0.39, 0.29) is 11.6 Å². The van der Waals surface area contributed by atoms with Crippen LogP contribution in [-0.2, 0) is 9.53 Å². The van der Waals surface area contributed by atoms with Gasteiger partial charge in [-0.2, -0.15) is 0 Å². The van der Waals surface area contributed by atoms with E-state index in [9.17, 15) is 9.59 Å². The molecule has 0 radical (unpaired) electrons. The second-order valence-corrected chi connectivity index (χ2v) is 9.51. The summed E-state index contributed by atoms with van der Waals surface area (Å²) >= 11 is 2.07. The van der Waals surface area contributed by atoms with Gasteiger partial charge in [-0.1, -0.05) is 44.2 Å². The Bertz CT molecular complexity index is 1360. The fraction of sp³-hybridized carbons (Fsp3) is 0.179.